The first-order valence-electron chi connectivity index (χ1n) is 7.16. The van der Waals surface area contributed by atoms with Crippen LogP contribution in [0.25, 0.3) is 0 Å². The predicted molar refractivity (Wildman–Crippen MR) is 83.1 cm³/mol. The lowest BCUT2D eigenvalue weighted by atomic mass is 9.85. The molecule has 1 aliphatic carbocycles. The highest BCUT2D eigenvalue weighted by Gasteiger charge is 2.20. The fourth-order valence-electron chi connectivity index (χ4n) is 2.32. The Kier molecular flexibility index (Phi) is 5.60. The van der Waals surface area contributed by atoms with E-state index in [0.29, 0.717) is 22.7 Å². The Balaban J connectivity index is 2.17. The van der Waals surface area contributed by atoms with Crippen molar-refractivity contribution in [3.8, 4) is 0 Å². The molecule has 20 heavy (non-hydrogen) atoms. The average Bonchev–Trinajstić information content (AvgIpc) is 2.39. The molecule has 1 aromatic rings. The summed E-state index contributed by atoms with van der Waals surface area (Å²) in [7, 11) is 1.67. The third-order valence-corrected chi connectivity index (χ3v) is 4.46. The van der Waals surface area contributed by atoms with E-state index in [0.717, 1.165) is 13.0 Å². The van der Waals surface area contributed by atoms with Crippen LogP contribution >= 0.6 is 15.9 Å². The highest BCUT2D eigenvalue weighted by atomic mass is 79.9. The van der Waals surface area contributed by atoms with Crippen molar-refractivity contribution < 1.29 is 4.74 Å². The molecule has 1 saturated carbocycles. The first-order valence-corrected chi connectivity index (χ1v) is 7.96. The Bertz CT molecular complexity index is 500. The number of rotatable bonds is 7. The van der Waals surface area contributed by atoms with Crippen molar-refractivity contribution in [2.24, 2.45) is 5.92 Å². The highest BCUT2D eigenvalue weighted by molar-refractivity contribution is 9.10. The molecule has 1 atom stereocenters. The quantitative estimate of drug-likeness (QED) is 0.826. The van der Waals surface area contributed by atoms with Gasteiger partial charge in [-0.3, -0.25) is 4.79 Å². The smallest absolute Gasteiger partial charge is 0.291 e. The second kappa shape index (κ2) is 7.22. The molecule has 0 amide bonds. The predicted octanol–water partition coefficient (Wildman–Crippen LogP) is 2.64. The van der Waals surface area contributed by atoms with Gasteiger partial charge in [0.25, 0.3) is 5.56 Å². The third-order valence-electron chi connectivity index (χ3n) is 3.86. The van der Waals surface area contributed by atoms with Crippen LogP contribution in [0.15, 0.2) is 15.5 Å². The van der Waals surface area contributed by atoms with E-state index in [1.54, 1.807) is 18.0 Å². The van der Waals surface area contributed by atoms with Crippen LogP contribution in [0.5, 0.6) is 0 Å². The molecule has 112 valence electrons. The number of nitrogens with one attached hydrogen (secondary N) is 1. The number of nitrogens with zero attached hydrogens (tertiary/aromatic N) is 2. The molecule has 1 aromatic heterocycles. The van der Waals surface area contributed by atoms with Gasteiger partial charge in [-0.1, -0.05) is 13.3 Å². The van der Waals surface area contributed by atoms with E-state index < -0.39 is 0 Å². The summed E-state index contributed by atoms with van der Waals surface area (Å²) in [5.41, 5.74) is 0.532. The minimum Gasteiger partial charge on any atom is -0.383 e. The minimum absolute atomic E-state index is 0.0548. The van der Waals surface area contributed by atoms with Crippen LogP contribution in [-0.4, -0.2) is 29.5 Å². The lowest BCUT2D eigenvalue weighted by Crippen LogP contribution is -2.34. The van der Waals surface area contributed by atoms with Gasteiger partial charge in [-0.25, -0.2) is 4.68 Å². The molecule has 2 rings (SSSR count). The van der Waals surface area contributed by atoms with E-state index in [4.69, 9.17) is 4.74 Å². The van der Waals surface area contributed by atoms with Crippen LogP contribution < -0.4 is 10.9 Å². The molecule has 1 heterocycles. The van der Waals surface area contributed by atoms with Gasteiger partial charge in [0.05, 0.1) is 17.3 Å². The number of hydrogen-bond acceptors (Lipinski definition) is 4. The maximum Gasteiger partial charge on any atom is 0.291 e. The van der Waals surface area contributed by atoms with Crippen molar-refractivity contribution in [3.63, 3.8) is 0 Å². The van der Waals surface area contributed by atoms with Gasteiger partial charge in [0, 0.05) is 19.7 Å². The minimum atomic E-state index is -0.0548. The summed E-state index contributed by atoms with van der Waals surface area (Å²) in [6.45, 7) is 3.37. The fraction of sp³-hybridized carbons (Fsp3) is 0.714. The van der Waals surface area contributed by atoms with Crippen molar-refractivity contribution in [2.45, 2.75) is 45.2 Å². The third kappa shape index (κ3) is 3.61. The summed E-state index contributed by atoms with van der Waals surface area (Å²) < 4.78 is 7.46. The van der Waals surface area contributed by atoms with Gasteiger partial charge >= 0.3 is 0 Å². The Hall–Kier alpha value is -0.880. The van der Waals surface area contributed by atoms with Gasteiger partial charge < -0.3 is 10.1 Å². The number of ether oxygens (including phenoxy) is 1. The van der Waals surface area contributed by atoms with E-state index in [-0.39, 0.29) is 11.6 Å². The molecular formula is C14H22BrN3O2. The second-order valence-corrected chi connectivity index (χ2v) is 6.21. The molecule has 0 saturated heterocycles. The summed E-state index contributed by atoms with van der Waals surface area (Å²) in [6, 6.07) is 0.128. The maximum absolute atomic E-state index is 12.5. The first kappa shape index (κ1) is 15.5. The van der Waals surface area contributed by atoms with Crippen molar-refractivity contribution >= 4 is 21.6 Å². The molecule has 1 fully saturated rings. The molecule has 0 aromatic carbocycles. The summed E-state index contributed by atoms with van der Waals surface area (Å²) in [4.78, 5) is 12.5. The van der Waals surface area contributed by atoms with Crippen LogP contribution in [0.4, 0.5) is 5.69 Å². The standard InChI is InChI=1S/C14H22BrN3O2/c1-3-11(9-20-2)17-13-12(15)7-16-18(14(13)19)8-10-5-4-6-10/h7,10-11,17H,3-6,8-9H2,1-2H3. The number of aromatic nitrogens is 2. The van der Waals surface area contributed by atoms with Crippen molar-refractivity contribution in [3.05, 3.63) is 21.0 Å². The van der Waals surface area contributed by atoms with Crippen molar-refractivity contribution in [1.29, 1.82) is 0 Å². The molecule has 0 radical (unpaired) electrons. The Morgan fingerprint density at radius 1 is 1.60 bits per heavy atom. The van der Waals surface area contributed by atoms with Gasteiger partial charge in [-0.15, -0.1) is 0 Å². The molecule has 1 N–H and O–H groups in total. The van der Waals surface area contributed by atoms with Gasteiger partial charge in [0.1, 0.15) is 5.69 Å². The average molecular weight is 344 g/mol. The van der Waals surface area contributed by atoms with E-state index in [1.807, 2.05) is 0 Å². The van der Waals surface area contributed by atoms with Crippen LogP contribution in [0.3, 0.4) is 0 Å². The van der Waals surface area contributed by atoms with Crippen LogP contribution in [0.1, 0.15) is 32.6 Å². The lowest BCUT2D eigenvalue weighted by Gasteiger charge is -2.25. The summed E-state index contributed by atoms with van der Waals surface area (Å²) in [6.07, 6.45) is 6.27. The van der Waals surface area contributed by atoms with Crippen LogP contribution in [0, 0.1) is 5.92 Å². The van der Waals surface area contributed by atoms with Crippen molar-refractivity contribution in [1.82, 2.24) is 9.78 Å². The molecule has 0 spiro atoms. The number of anilines is 1. The van der Waals surface area contributed by atoms with Crippen LogP contribution in [0.2, 0.25) is 0 Å². The topological polar surface area (TPSA) is 56.1 Å². The Labute approximate surface area is 127 Å². The van der Waals surface area contributed by atoms with Crippen LogP contribution in [-0.2, 0) is 11.3 Å². The van der Waals surface area contributed by atoms with Gasteiger partial charge in [-0.05, 0) is 41.1 Å². The van der Waals surface area contributed by atoms with E-state index in [2.05, 4.69) is 33.3 Å². The summed E-state index contributed by atoms with van der Waals surface area (Å²) in [5, 5.41) is 7.50. The van der Waals surface area contributed by atoms with Gasteiger partial charge in [0.2, 0.25) is 0 Å². The zero-order chi connectivity index (χ0) is 14.5. The molecular weight excluding hydrogens is 322 g/mol. The molecule has 1 aliphatic rings. The zero-order valence-corrected chi connectivity index (χ0v) is 13.6. The second-order valence-electron chi connectivity index (χ2n) is 5.36. The summed E-state index contributed by atoms with van der Waals surface area (Å²) in [5.74, 6) is 0.607. The number of methoxy groups -OCH3 is 1. The van der Waals surface area contributed by atoms with Gasteiger partial charge in [0.15, 0.2) is 0 Å². The zero-order valence-electron chi connectivity index (χ0n) is 12.1. The number of hydrogen-bond donors (Lipinski definition) is 1. The first-order chi connectivity index (χ1) is 9.65. The van der Waals surface area contributed by atoms with E-state index in [9.17, 15) is 4.79 Å². The van der Waals surface area contributed by atoms with E-state index >= 15 is 0 Å². The van der Waals surface area contributed by atoms with E-state index in [1.165, 1.54) is 19.3 Å². The largest absolute Gasteiger partial charge is 0.383 e. The Morgan fingerprint density at radius 2 is 2.35 bits per heavy atom. The molecule has 0 aliphatic heterocycles. The van der Waals surface area contributed by atoms with Crippen molar-refractivity contribution in [2.75, 3.05) is 19.0 Å². The number of halogens is 1. The normalized spacial score (nSPS) is 16.8. The fourth-order valence-corrected chi connectivity index (χ4v) is 2.69. The Morgan fingerprint density at radius 3 is 2.90 bits per heavy atom. The lowest BCUT2D eigenvalue weighted by molar-refractivity contribution is 0.184. The molecule has 5 nitrogen and oxygen atoms in total. The summed E-state index contributed by atoms with van der Waals surface area (Å²) >= 11 is 3.41. The van der Waals surface area contributed by atoms with Gasteiger partial charge in [-0.2, -0.15) is 5.10 Å². The monoisotopic (exact) mass is 343 g/mol. The highest BCUT2D eigenvalue weighted by Crippen LogP contribution is 2.27. The maximum atomic E-state index is 12.5. The molecule has 6 heteroatoms. The molecule has 0 bridgehead atoms. The SMILES string of the molecule is CCC(COC)Nc1c(Br)cnn(CC2CCC2)c1=O. The molecule has 1 unspecified atom stereocenters.